The Morgan fingerprint density at radius 3 is 2.68 bits per heavy atom. The van der Waals surface area contributed by atoms with Gasteiger partial charge in [0, 0.05) is 29.0 Å². The maximum absolute atomic E-state index is 12.7. The number of nitrogens with one attached hydrogen (secondary N) is 1. The van der Waals surface area contributed by atoms with Crippen molar-refractivity contribution < 1.29 is 4.79 Å². The number of amides is 1. The molecule has 6 nitrogen and oxygen atoms in total. The number of pyridine rings is 2. The first-order valence-electron chi connectivity index (χ1n) is 10.5. The third-order valence-electron chi connectivity index (χ3n) is 5.10. The van der Waals surface area contributed by atoms with Crippen LogP contribution in [-0.2, 0) is 6.54 Å². The molecule has 1 aromatic carbocycles. The van der Waals surface area contributed by atoms with E-state index in [1.54, 1.807) is 24.5 Å². The van der Waals surface area contributed by atoms with E-state index in [9.17, 15) is 4.79 Å². The van der Waals surface area contributed by atoms with Crippen molar-refractivity contribution in [2.45, 2.75) is 39.2 Å². The van der Waals surface area contributed by atoms with Crippen LogP contribution in [0.15, 0.2) is 65.4 Å². The van der Waals surface area contributed by atoms with Gasteiger partial charge in [0.25, 0.3) is 5.91 Å². The van der Waals surface area contributed by atoms with Gasteiger partial charge in [-0.05, 0) is 40.5 Å². The van der Waals surface area contributed by atoms with Crippen LogP contribution in [0.5, 0.6) is 0 Å². The van der Waals surface area contributed by atoms with Gasteiger partial charge < -0.3 is 5.32 Å². The van der Waals surface area contributed by atoms with Crippen LogP contribution in [-0.4, -0.2) is 25.7 Å². The number of hydrogen-bond donors (Lipinski definition) is 1. The van der Waals surface area contributed by atoms with E-state index in [1.807, 2.05) is 41.1 Å². The standard InChI is InChI=1S/C24H24BrN5O/c1-2-3-4-8-14-30-23-19(15-20(25)21(27-23)17-10-6-5-7-11-17)22(29-30)28-24(31)18-12-9-13-26-16-18/h5-7,9-13,15-16H,2-4,8,14H2,1H3,(H,28,29,31). The van der Waals surface area contributed by atoms with Gasteiger partial charge >= 0.3 is 0 Å². The number of fused-ring (bicyclic) bond motifs is 1. The summed E-state index contributed by atoms with van der Waals surface area (Å²) >= 11 is 3.66. The number of benzene rings is 1. The number of hydrogen-bond acceptors (Lipinski definition) is 4. The van der Waals surface area contributed by atoms with Crippen LogP contribution in [0.2, 0.25) is 0 Å². The van der Waals surface area contributed by atoms with Crippen LogP contribution in [0.1, 0.15) is 43.0 Å². The fourth-order valence-corrected chi connectivity index (χ4v) is 4.03. The Hall–Kier alpha value is -3.06. The summed E-state index contributed by atoms with van der Waals surface area (Å²) in [5.41, 5.74) is 3.13. The lowest BCUT2D eigenvalue weighted by Gasteiger charge is -2.07. The van der Waals surface area contributed by atoms with Crippen LogP contribution in [0, 0.1) is 0 Å². The first-order chi connectivity index (χ1) is 15.2. The molecule has 0 bridgehead atoms. The van der Waals surface area contributed by atoms with Gasteiger partial charge in [-0.1, -0.05) is 56.5 Å². The van der Waals surface area contributed by atoms with Gasteiger partial charge in [0.05, 0.1) is 16.6 Å². The highest BCUT2D eigenvalue weighted by Gasteiger charge is 2.18. The lowest BCUT2D eigenvalue weighted by atomic mass is 10.1. The summed E-state index contributed by atoms with van der Waals surface area (Å²) in [5.74, 6) is 0.265. The normalized spacial score (nSPS) is 11.0. The van der Waals surface area contributed by atoms with Gasteiger partial charge in [0.2, 0.25) is 0 Å². The summed E-state index contributed by atoms with van der Waals surface area (Å²) in [6.07, 6.45) is 7.70. The minimum Gasteiger partial charge on any atom is -0.304 e. The van der Waals surface area contributed by atoms with Gasteiger partial charge in [-0.2, -0.15) is 5.10 Å². The molecule has 4 rings (SSSR count). The van der Waals surface area contributed by atoms with Crippen molar-refractivity contribution in [2.24, 2.45) is 0 Å². The summed E-state index contributed by atoms with van der Waals surface area (Å²) in [4.78, 5) is 21.7. The molecule has 1 amide bonds. The number of nitrogens with zero attached hydrogens (tertiary/aromatic N) is 4. The van der Waals surface area contributed by atoms with Crippen molar-refractivity contribution in [1.82, 2.24) is 19.7 Å². The molecule has 158 valence electrons. The number of carbonyl (C=O) groups excluding carboxylic acids is 1. The second kappa shape index (κ2) is 9.83. The molecule has 0 spiro atoms. The van der Waals surface area contributed by atoms with Crippen molar-refractivity contribution in [3.05, 3.63) is 71.0 Å². The zero-order valence-corrected chi connectivity index (χ0v) is 19.0. The largest absolute Gasteiger partial charge is 0.304 e. The number of rotatable bonds is 8. The maximum atomic E-state index is 12.7. The minimum atomic E-state index is -0.242. The SMILES string of the molecule is CCCCCCn1nc(NC(=O)c2cccnc2)c2cc(Br)c(-c3ccccc3)nc21. The first-order valence-corrected chi connectivity index (χ1v) is 11.3. The number of unbranched alkanes of at least 4 members (excludes halogenated alkanes) is 3. The fourth-order valence-electron chi connectivity index (χ4n) is 3.48. The highest BCUT2D eigenvalue weighted by molar-refractivity contribution is 9.10. The second-order valence-electron chi connectivity index (χ2n) is 7.38. The fraction of sp³-hybridized carbons (Fsp3) is 0.250. The predicted octanol–water partition coefficient (Wildman–Crippen LogP) is 6.09. The van der Waals surface area contributed by atoms with Gasteiger partial charge in [-0.25, -0.2) is 9.67 Å². The number of halogens is 1. The monoisotopic (exact) mass is 477 g/mol. The minimum absolute atomic E-state index is 0.242. The highest BCUT2D eigenvalue weighted by atomic mass is 79.9. The molecule has 0 fully saturated rings. The Labute approximate surface area is 189 Å². The third-order valence-corrected chi connectivity index (χ3v) is 5.71. The summed E-state index contributed by atoms with van der Waals surface area (Å²) in [7, 11) is 0. The van der Waals surface area contributed by atoms with Crippen molar-refractivity contribution in [2.75, 3.05) is 5.32 Å². The lowest BCUT2D eigenvalue weighted by Crippen LogP contribution is -2.13. The Morgan fingerprint density at radius 1 is 1.10 bits per heavy atom. The zero-order chi connectivity index (χ0) is 21.6. The molecular weight excluding hydrogens is 454 g/mol. The highest BCUT2D eigenvalue weighted by Crippen LogP contribution is 2.33. The predicted molar refractivity (Wildman–Crippen MR) is 127 cm³/mol. The van der Waals surface area contributed by atoms with E-state index < -0.39 is 0 Å². The van der Waals surface area contributed by atoms with Crippen LogP contribution in [0.25, 0.3) is 22.3 Å². The van der Waals surface area contributed by atoms with Crippen molar-refractivity contribution in [1.29, 1.82) is 0 Å². The average Bonchev–Trinajstić information content (AvgIpc) is 3.13. The summed E-state index contributed by atoms with van der Waals surface area (Å²) in [6.45, 7) is 2.95. The maximum Gasteiger partial charge on any atom is 0.258 e. The van der Waals surface area contributed by atoms with Crippen LogP contribution in [0.3, 0.4) is 0 Å². The Balaban J connectivity index is 1.73. The smallest absolute Gasteiger partial charge is 0.258 e. The van der Waals surface area contributed by atoms with E-state index >= 15 is 0 Å². The van der Waals surface area contributed by atoms with Gasteiger partial charge in [0.15, 0.2) is 11.5 Å². The number of aryl methyl sites for hydroxylation is 1. The molecule has 7 heteroatoms. The quantitative estimate of drug-likeness (QED) is 0.311. The molecule has 0 aliphatic heterocycles. The Morgan fingerprint density at radius 2 is 1.94 bits per heavy atom. The topological polar surface area (TPSA) is 72.7 Å². The van der Waals surface area contributed by atoms with Crippen LogP contribution < -0.4 is 5.32 Å². The number of aromatic nitrogens is 4. The molecule has 4 aromatic rings. The average molecular weight is 478 g/mol. The van der Waals surface area contributed by atoms with E-state index in [0.29, 0.717) is 11.4 Å². The summed E-state index contributed by atoms with van der Waals surface area (Å²) in [5, 5.41) is 8.45. The molecule has 0 radical (unpaired) electrons. The van der Waals surface area contributed by atoms with Gasteiger partial charge in [-0.15, -0.1) is 0 Å². The third kappa shape index (κ3) is 4.82. The van der Waals surface area contributed by atoms with Gasteiger partial charge in [-0.3, -0.25) is 9.78 Å². The van der Waals surface area contributed by atoms with Crippen LogP contribution >= 0.6 is 15.9 Å². The molecule has 3 heterocycles. The van der Waals surface area contributed by atoms with Crippen molar-refractivity contribution in [3.63, 3.8) is 0 Å². The zero-order valence-electron chi connectivity index (χ0n) is 17.4. The van der Waals surface area contributed by atoms with Crippen molar-refractivity contribution in [3.8, 4) is 11.3 Å². The molecule has 0 unspecified atom stereocenters. The molecule has 0 saturated carbocycles. The first kappa shape index (κ1) is 21.2. The molecule has 0 aliphatic rings. The molecule has 0 atom stereocenters. The van der Waals surface area contributed by atoms with Gasteiger partial charge in [0.1, 0.15) is 0 Å². The summed E-state index contributed by atoms with van der Waals surface area (Å²) in [6, 6.07) is 15.5. The number of carbonyl (C=O) groups is 1. The molecular formula is C24H24BrN5O. The van der Waals surface area contributed by atoms with E-state index in [2.05, 4.69) is 33.2 Å². The number of anilines is 1. The van der Waals surface area contributed by atoms with Crippen molar-refractivity contribution >= 4 is 38.7 Å². The molecule has 0 saturated heterocycles. The Kier molecular flexibility index (Phi) is 6.72. The Bertz CT molecular complexity index is 1180. The molecule has 31 heavy (non-hydrogen) atoms. The molecule has 1 N–H and O–H groups in total. The lowest BCUT2D eigenvalue weighted by molar-refractivity contribution is 0.102. The van der Waals surface area contributed by atoms with Crippen LogP contribution in [0.4, 0.5) is 5.82 Å². The van der Waals surface area contributed by atoms with E-state index in [4.69, 9.17) is 10.1 Å². The molecule has 3 aromatic heterocycles. The van der Waals surface area contributed by atoms with E-state index in [1.165, 1.54) is 12.8 Å². The molecule has 0 aliphatic carbocycles. The van der Waals surface area contributed by atoms with E-state index in [0.717, 1.165) is 46.1 Å². The second-order valence-corrected chi connectivity index (χ2v) is 8.24. The van der Waals surface area contributed by atoms with E-state index in [-0.39, 0.29) is 5.91 Å². The summed E-state index contributed by atoms with van der Waals surface area (Å²) < 4.78 is 2.76.